The Balaban J connectivity index is 1.27. The fourth-order valence-corrected chi connectivity index (χ4v) is 5.94. The highest BCUT2D eigenvalue weighted by atomic mass is 16.3. The largest absolute Gasteiger partial charge is 0.454 e. The quantitative estimate of drug-likeness (QED) is 0.237. The molecule has 0 N–H and O–H groups in total. The van der Waals surface area contributed by atoms with Crippen LogP contribution in [0.15, 0.2) is 124 Å². The van der Waals surface area contributed by atoms with Crippen molar-refractivity contribution in [2.75, 3.05) is 0 Å². The van der Waals surface area contributed by atoms with Crippen molar-refractivity contribution in [3.8, 4) is 16.9 Å². The highest BCUT2D eigenvalue weighted by Gasteiger charge is 2.18. The van der Waals surface area contributed by atoms with Gasteiger partial charge in [0, 0.05) is 44.4 Å². The molecule has 5 aromatic heterocycles. The molecule has 9 rings (SSSR count). The Bertz CT molecular complexity index is 2350. The Morgan fingerprint density at radius 3 is 2.10 bits per heavy atom. The topological polar surface area (TPSA) is 57.0 Å². The molecule has 0 atom stereocenters. The molecule has 0 saturated heterocycles. The van der Waals surface area contributed by atoms with E-state index in [-0.39, 0.29) is 0 Å². The number of fused-ring (bicyclic) bond motifs is 9. The molecule has 4 aromatic carbocycles. The lowest BCUT2D eigenvalue weighted by molar-refractivity contribution is 0.654. The van der Waals surface area contributed by atoms with E-state index in [2.05, 4.69) is 77.4 Å². The number of pyridine rings is 2. The molecule has 182 valence electrons. The van der Waals surface area contributed by atoms with Gasteiger partial charge in [0.05, 0.1) is 16.7 Å². The first-order chi connectivity index (χ1) is 19.3. The second-order valence-corrected chi connectivity index (χ2v) is 9.84. The first-order valence-electron chi connectivity index (χ1n) is 12.9. The summed E-state index contributed by atoms with van der Waals surface area (Å²) in [5.74, 6) is 0. The highest BCUT2D eigenvalue weighted by Crippen LogP contribution is 2.38. The highest BCUT2D eigenvalue weighted by molar-refractivity contribution is 6.11. The number of benzene rings is 4. The molecule has 0 radical (unpaired) electrons. The van der Waals surface area contributed by atoms with Gasteiger partial charge in [0.2, 0.25) is 5.71 Å². The number of rotatable bonds is 2. The molecule has 0 bridgehead atoms. The summed E-state index contributed by atoms with van der Waals surface area (Å²) >= 11 is 0. The van der Waals surface area contributed by atoms with E-state index in [0.717, 1.165) is 55.4 Å². The van der Waals surface area contributed by atoms with Crippen molar-refractivity contribution >= 4 is 65.9 Å². The number of furan rings is 2. The summed E-state index contributed by atoms with van der Waals surface area (Å²) in [4.78, 5) is 9.62. The summed E-state index contributed by atoms with van der Waals surface area (Å²) < 4.78 is 14.8. The molecule has 0 saturated carbocycles. The molecule has 5 nitrogen and oxygen atoms in total. The fourth-order valence-electron chi connectivity index (χ4n) is 5.94. The van der Waals surface area contributed by atoms with Crippen molar-refractivity contribution in [2.45, 2.75) is 0 Å². The van der Waals surface area contributed by atoms with Crippen LogP contribution in [-0.2, 0) is 0 Å². The Kier molecular flexibility index (Phi) is 3.99. The lowest BCUT2D eigenvalue weighted by atomic mass is 10.1. The predicted molar refractivity (Wildman–Crippen MR) is 156 cm³/mol. The minimum absolute atomic E-state index is 0.614. The third-order valence-electron chi connectivity index (χ3n) is 7.69. The molecule has 5 heteroatoms. The van der Waals surface area contributed by atoms with E-state index in [9.17, 15) is 0 Å². The third kappa shape index (κ3) is 2.84. The van der Waals surface area contributed by atoms with E-state index in [0.29, 0.717) is 5.71 Å². The molecule has 5 heterocycles. The summed E-state index contributed by atoms with van der Waals surface area (Å²) in [6.45, 7) is 0. The first kappa shape index (κ1) is 20.6. The molecule has 0 fully saturated rings. The van der Waals surface area contributed by atoms with Gasteiger partial charge in [-0.15, -0.1) is 0 Å². The molecular weight excluding hydrogens is 482 g/mol. The zero-order valence-electron chi connectivity index (χ0n) is 20.6. The van der Waals surface area contributed by atoms with Gasteiger partial charge in [0.25, 0.3) is 0 Å². The van der Waals surface area contributed by atoms with Gasteiger partial charge in [-0.1, -0.05) is 54.6 Å². The van der Waals surface area contributed by atoms with Gasteiger partial charge < -0.3 is 13.4 Å². The van der Waals surface area contributed by atoms with Crippen LogP contribution in [-0.4, -0.2) is 14.5 Å². The monoisotopic (exact) mass is 501 g/mol. The number of hydrogen-bond donors (Lipinski definition) is 0. The van der Waals surface area contributed by atoms with Crippen molar-refractivity contribution in [3.05, 3.63) is 115 Å². The average Bonchev–Trinajstić information content (AvgIpc) is 3.66. The summed E-state index contributed by atoms with van der Waals surface area (Å²) in [6, 6.07) is 37.4. The van der Waals surface area contributed by atoms with Crippen molar-refractivity contribution < 1.29 is 8.83 Å². The molecule has 0 spiro atoms. The number of hydrogen-bond acceptors (Lipinski definition) is 4. The van der Waals surface area contributed by atoms with Crippen LogP contribution in [0.5, 0.6) is 0 Å². The normalized spacial score (nSPS) is 12.1. The summed E-state index contributed by atoms with van der Waals surface area (Å²) in [6.07, 6.45) is 1.82. The van der Waals surface area contributed by atoms with E-state index in [4.69, 9.17) is 18.8 Å². The minimum Gasteiger partial charge on any atom is -0.454 e. The zero-order chi connectivity index (χ0) is 25.5. The predicted octanol–water partition coefficient (Wildman–Crippen LogP) is 9.04. The van der Waals surface area contributed by atoms with Gasteiger partial charge >= 0.3 is 0 Å². The lowest BCUT2D eigenvalue weighted by Gasteiger charge is -2.07. The lowest BCUT2D eigenvalue weighted by Crippen LogP contribution is -1.93. The Morgan fingerprint density at radius 2 is 1.28 bits per heavy atom. The van der Waals surface area contributed by atoms with E-state index in [1.807, 2.05) is 42.6 Å². The molecule has 39 heavy (non-hydrogen) atoms. The molecule has 0 unspecified atom stereocenters. The maximum atomic E-state index is 6.41. The van der Waals surface area contributed by atoms with Crippen molar-refractivity contribution in [1.29, 1.82) is 0 Å². The second kappa shape index (κ2) is 7.55. The van der Waals surface area contributed by atoms with Crippen LogP contribution >= 0.6 is 0 Å². The number of aromatic nitrogens is 3. The molecule has 0 aliphatic rings. The number of nitrogens with zero attached hydrogens (tertiary/aromatic N) is 3. The number of para-hydroxylation sites is 3. The van der Waals surface area contributed by atoms with Crippen LogP contribution < -0.4 is 0 Å². The fraction of sp³-hybridized carbons (Fsp3) is 0. The van der Waals surface area contributed by atoms with Gasteiger partial charge in [0.15, 0.2) is 5.58 Å². The molecule has 0 aliphatic carbocycles. The van der Waals surface area contributed by atoms with E-state index < -0.39 is 0 Å². The SMILES string of the molecule is c1ccc2c(c1)oc1nc(-c3ccnc4c3oc3ccc(-n5c6ccccc6c6ccccc65)cc34)ccc12. The Hall–Kier alpha value is -5.42. The van der Waals surface area contributed by atoms with Crippen LogP contribution in [0, 0.1) is 0 Å². The summed E-state index contributed by atoms with van der Waals surface area (Å²) in [5, 5.41) is 5.50. The molecule has 0 amide bonds. The van der Waals surface area contributed by atoms with Crippen LogP contribution in [0.3, 0.4) is 0 Å². The molecule has 0 aliphatic heterocycles. The van der Waals surface area contributed by atoms with Crippen molar-refractivity contribution in [3.63, 3.8) is 0 Å². The van der Waals surface area contributed by atoms with Crippen molar-refractivity contribution in [1.82, 2.24) is 14.5 Å². The van der Waals surface area contributed by atoms with E-state index in [1.54, 1.807) is 0 Å². The minimum atomic E-state index is 0.614. The van der Waals surface area contributed by atoms with E-state index >= 15 is 0 Å². The maximum absolute atomic E-state index is 6.41. The average molecular weight is 502 g/mol. The maximum Gasteiger partial charge on any atom is 0.227 e. The van der Waals surface area contributed by atoms with E-state index in [1.165, 1.54) is 21.8 Å². The Labute approximate surface area is 221 Å². The third-order valence-corrected chi connectivity index (χ3v) is 7.69. The molecular formula is C34H19N3O2. The standard InChI is InChI=1S/C34H19N3O2/c1-4-10-28-21(7-1)22-8-2-5-11-29(22)37(28)20-13-16-31-26(19-20)32-33(38-31)25(17-18-35-32)27-15-14-24-23-9-3-6-12-30(23)39-34(24)36-27/h1-19H. The molecule has 9 aromatic rings. The smallest absolute Gasteiger partial charge is 0.227 e. The van der Waals surface area contributed by atoms with Gasteiger partial charge in [-0.25, -0.2) is 4.98 Å². The summed E-state index contributed by atoms with van der Waals surface area (Å²) in [7, 11) is 0. The van der Waals surface area contributed by atoms with Gasteiger partial charge in [-0.2, -0.15) is 0 Å². The van der Waals surface area contributed by atoms with Crippen LogP contribution in [0.2, 0.25) is 0 Å². The van der Waals surface area contributed by atoms with Crippen LogP contribution in [0.4, 0.5) is 0 Å². The van der Waals surface area contributed by atoms with Crippen LogP contribution in [0.1, 0.15) is 0 Å². The van der Waals surface area contributed by atoms with Gasteiger partial charge in [0.1, 0.15) is 16.7 Å². The first-order valence-corrected chi connectivity index (χ1v) is 12.9. The Morgan fingerprint density at radius 1 is 0.564 bits per heavy atom. The second-order valence-electron chi connectivity index (χ2n) is 9.84. The van der Waals surface area contributed by atoms with Crippen molar-refractivity contribution in [2.24, 2.45) is 0 Å². The van der Waals surface area contributed by atoms with Gasteiger partial charge in [-0.05, 0) is 54.6 Å². The van der Waals surface area contributed by atoms with Crippen LogP contribution in [0.25, 0.3) is 82.9 Å². The summed E-state index contributed by atoms with van der Waals surface area (Å²) in [5.41, 5.74) is 8.85. The zero-order valence-corrected chi connectivity index (χ0v) is 20.6. The van der Waals surface area contributed by atoms with Gasteiger partial charge in [-0.3, -0.25) is 4.98 Å².